The Morgan fingerprint density at radius 2 is 1.38 bits per heavy atom. The maximum absolute atomic E-state index is 13.2. The van der Waals surface area contributed by atoms with E-state index in [4.69, 9.17) is 9.84 Å². The van der Waals surface area contributed by atoms with Crippen molar-refractivity contribution in [2.75, 3.05) is 20.1 Å². The summed E-state index contributed by atoms with van der Waals surface area (Å²) in [5, 5.41) is 28.2. The molecule has 244 valence electrons. The van der Waals surface area contributed by atoms with Crippen LogP contribution in [0.2, 0.25) is 0 Å². The van der Waals surface area contributed by atoms with Crippen molar-refractivity contribution in [1.82, 2.24) is 26.2 Å². The minimum absolute atomic E-state index is 0.0235. The Morgan fingerprint density at radius 1 is 0.800 bits per heavy atom. The van der Waals surface area contributed by atoms with E-state index >= 15 is 0 Å². The van der Waals surface area contributed by atoms with Crippen LogP contribution in [-0.2, 0) is 41.6 Å². The van der Waals surface area contributed by atoms with Crippen LogP contribution in [0.15, 0.2) is 54.6 Å². The van der Waals surface area contributed by atoms with Crippen molar-refractivity contribution in [3.8, 4) is 5.75 Å². The zero-order chi connectivity index (χ0) is 33.7. The molecule has 5 amide bonds. The number of aliphatic carboxylic acids is 1. The Morgan fingerprint density at radius 3 is 1.96 bits per heavy atom. The number of phenols is 1. The first-order valence-corrected chi connectivity index (χ1v) is 14.2. The Kier molecular flexibility index (Phi) is 13.3. The molecule has 0 unspecified atom stereocenters. The lowest BCUT2D eigenvalue weighted by molar-refractivity contribution is -0.141. The predicted octanol–water partition coefficient (Wildman–Crippen LogP) is 0.719. The molecular formula is C31H41N5O9. The van der Waals surface area contributed by atoms with Crippen LogP contribution in [0.1, 0.15) is 38.8 Å². The molecule has 0 aliphatic carbocycles. The summed E-state index contributed by atoms with van der Waals surface area (Å²) >= 11 is 0. The summed E-state index contributed by atoms with van der Waals surface area (Å²) in [6, 6.07) is 11.5. The summed E-state index contributed by atoms with van der Waals surface area (Å²) in [6.07, 6.45) is -0.720. The van der Waals surface area contributed by atoms with Gasteiger partial charge in [-0.15, -0.1) is 0 Å². The molecule has 0 heterocycles. The molecule has 0 bridgehead atoms. The van der Waals surface area contributed by atoms with Crippen molar-refractivity contribution in [3.05, 3.63) is 65.7 Å². The molecule has 0 aromatic heterocycles. The maximum atomic E-state index is 13.2. The van der Waals surface area contributed by atoms with Gasteiger partial charge in [-0.3, -0.25) is 24.0 Å². The van der Waals surface area contributed by atoms with Gasteiger partial charge in [0.2, 0.25) is 23.6 Å². The van der Waals surface area contributed by atoms with E-state index in [0.29, 0.717) is 5.56 Å². The smallest absolute Gasteiger partial charge is 0.408 e. The molecule has 2 aromatic carbocycles. The lowest BCUT2D eigenvalue weighted by atomic mass is 10.0. The fourth-order valence-electron chi connectivity index (χ4n) is 4.04. The number of likely N-dealkylation sites (N-methyl/N-ethyl adjacent to an activating group) is 1. The standard InChI is InChI=1S/C31H41N5O9/c1-19(34-28(42)23(35-30(44)45-31(2,3)4)15-21-11-13-22(37)14-12-21)27(41)32-17-25(38)36(5)24(29(43)33-18-26(39)40)16-20-9-7-6-8-10-20/h6-14,19,23-24,37H,15-18H2,1-5H3,(H,32,41)(H,33,43)(H,34,42)(H,35,44)(H,39,40)/t19-,23+,24+/m1/s1. The van der Waals surface area contributed by atoms with Crippen molar-refractivity contribution >= 4 is 35.7 Å². The maximum Gasteiger partial charge on any atom is 0.408 e. The van der Waals surface area contributed by atoms with E-state index in [0.717, 1.165) is 10.5 Å². The second-order valence-corrected chi connectivity index (χ2v) is 11.3. The highest BCUT2D eigenvalue weighted by atomic mass is 16.6. The van der Waals surface area contributed by atoms with Crippen LogP contribution in [0.3, 0.4) is 0 Å². The number of amides is 5. The van der Waals surface area contributed by atoms with Gasteiger partial charge in [0, 0.05) is 19.9 Å². The third kappa shape index (κ3) is 12.9. The van der Waals surface area contributed by atoms with Crippen molar-refractivity contribution in [2.24, 2.45) is 0 Å². The number of alkyl carbamates (subject to hydrolysis) is 1. The molecule has 0 saturated carbocycles. The van der Waals surface area contributed by atoms with E-state index in [1.54, 1.807) is 63.2 Å². The third-order valence-electron chi connectivity index (χ3n) is 6.40. The summed E-state index contributed by atoms with van der Waals surface area (Å²) in [6.45, 7) is 5.25. The number of rotatable bonds is 14. The van der Waals surface area contributed by atoms with Gasteiger partial charge in [0.15, 0.2) is 0 Å². The number of ether oxygens (including phenoxy) is 1. The fourth-order valence-corrected chi connectivity index (χ4v) is 4.04. The number of aromatic hydroxyl groups is 1. The van der Waals surface area contributed by atoms with Crippen molar-refractivity contribution in [1.29, 1.82) is 0 Å². The van der Waals surface area contributed by atoms with Crippen LogP contribution in [0.25, 0.3) is 0 Å². The van der Waals surface area contributed by atoms with E-state index < -0.39 is 72.5 Å². The largest absolute Gasteiger partial charge is 0.508 e. The Labute approximate surface area is 261 Å². The summed E-state index contributed by atoms with van der Waals surface area (Å²) in [7, 11) is 1.36. The van der Waals surface area contributed by atoms with E-state index in [-0.39, 0.29) is 18.6 Å². The fraction of sp³-hybridized carbons (Fsp3) is 0.419. The molecule has 0 spiro atoms. The lowest BCUT2D eigenvalue weighted by Gasteiger charge is -2.28. The highest BCUT2D eigenvalue weighted by molar-refractivity contribution is 5.94. The first-order valence-electron chi connectivity index (χ1n) is 14.2. The quantitative estimate of drug-likeness (QED) is 0.174. The van der Waals surface area contributed by atoms with Crippen LogP contribution in [0.5, 0.6) is 5.75 Å². The number of benzene rings is 2. The number of hydrogen-bond donors (Lipinski definition) is 6. The highest BCUT2D eigenvalue weighted by Crippen LogP contribution is 2.13. The number of carboxylic acids is 1. The average molecular weight is 628 g/mol. The number of carbonyl (C=O) groups excluding carboxylic acids is 5. The number of carboxylic acid groups (broad SMARTS) is 1. The van der Waals surface area contributed by atoms with Gasteiger partial charge in [0.05, 0.1) is 6.54 Å². The van der Waals surface area contributed by atoms with Gasteiger partial charge in [0.25, 0.3) is 0 Å². The molecule has 0 aliphatic rings. The minimum atomic E-state index is -1.24. The monoisotopic (exact) mass is 627 g/mol. The van der Waals surface area contributed by atoms with Crippen LogP contribution >= 0.6 is 0 Å². The van der Waals surface area contributed by atoms with Crippen LogP contribution < -0.4 is 21.3 Å². The average Bonchev–Trinajstić information content (AvgIpc) is 2.97. The van der Waals surface area contributed by atoms with Gasteiger partial charge in [-0.05, 0) is 51.0 Å². The zero-order valence-corrected chi connectivity index (χ0v) is 26.0. The van der Waals surface area contributed by atoms with Crippen LogP contribution in [-0.4, -0.2) is 94.7 Å². The second kappa shape index (κ2) is 16.6. The van der Waals surface area contributed by atoms with Gasteiger partial charge < -0.3 is 41.1 Å². The van der Waals surface area contributed by atoms with Gasteiger partial charge in [-0.2, -0.15) is 0 Å². The molecule has 6 N–H and O–H groups in total. The molecule has 0 saturated heterocycles. The van der Waals surface area contributed by atoms with E-state index in [1.165, 1.54) is 26.1 Å². The number of phenolic OH excluding ortho intramolecular Hbond substituents is 1. The molecule has 0 radical (unpaired) electrons. The van der Waals surface area contributed by atoms with Gasteiger partial charge >= 0.3 is 12.1 Å². The first kappa shape index (κ1) is 36.1. The van der Waals surface area contributed by atoms with E-state index in [9.17, 15) is 33.9 Å². The Balaban J connectivity index is 2.05. The normalized spacial score (nSPS) is 12.9. The molecule has 0 fully saturated rings. The lowest BCUT2D eigenvalue weighted by Crippen LogP contribution is -2.55. The number of hydrogen-bond acceptors (Lipinski definition) is 8. The number of carbonyl (C=O) groups is 6. The molecular weight excluding hydrogens is 586 g/mol. The third-order valence-corrected chi connectivity index (χ3v) is 6.40. The number of nitrogens with zero attached hydrogens (tertiary/aromatic N) is 1. The molecule has 2 rings (SSSR count). The van der Waals surface area contributed by atoms with Crippen molar-refractivity contribution < 1.29 is 43.7 Å². The molecule has 45 heavy (non-hydrogen) atoms. The molecule has 2 aromatic rings. The van der Waals surface area contributed by atoms with Crippen LogP contribution in [0, 0.1) is 0 Å². The van der Waals surface area contributed by atoms with Crippen LogP contribution in [0.4, 0.5) is 4.79 Å². The first-order chi connectivity index (χ1) is 21.1. The van der Waals surface area contributed by atoms with E-state index in [1.807, 2.05) is 0 Å². The van der Waals surface area contributed by atoms with Gasteiger partial charge in [-0.1, -0.05) is 42.5 Å². The Bertz CT molecular complexity index is 1340. The highest BCUT2D eigenvalue weighted by Gasteiger charge is 2.30. The summed E-state index contributed by atoms with van der Waals surface area (Å²) in [5.74, 6) is -3.94. The van der Waals surface area contributed by atoms with Crippen molar-refractivity contribution in [2.45, 2.75) is 64.3 Å². The van der Waals surface area contributed by atoms with Crippen molar-refractivity contribution in [3.63, 3.8) is 0 Å². The summed E-state index contributed by atoms with van der Waals surface area (Å²) in [5.41, 5.74) is 0.523. The summed E-state index contributed by atoms with van der Waals surface area (Å²) < 4.78 is 5.27. The molecule has 3 atom stereocenters. The van der Waals surface area contributed by atoms with E-state index in [2.05, 4.69) is 21.3 Å². The second-order valence-electron chi connectivity index (χ2n) is 11.3. The topological polar surface area (TPSA) is 203 Å². The number of nitrogens with one attached hydrogen (secondary N) is 4. The molecule has 14 heteroatoms. The molecule has 14 nitrogen and oxygen atoms in total. The van der Waals surface area contributed by atoms with Gasteiger partial charge in [0.1, 0.15) is 36.0 Å². The summed E-state index contributed by atoms with van der Waals surface area (Å²) in [4.78, 5) is 76.2. The SMILES string of the molecule is C[C@@H](NC(=O)[C@H](Cc1ccc(O)cc1)NC(=O)OC(C)(C)C)C(=O)NCC(=O)N(C)[C@@H](Cc1ccccc1)C(=O)NCC(=O)O. The minimum Gasteiger partial charge on any atom is -0.508 e. The zero-order valence-electron chi connectivity index (χ0n) is 26.0. The molecule has 0 aliphatic heterocycles. The van der Waals surface area contributed by atoms with Gasteiger partial charge in [-0.25, -0.2) is 4.79 Å². The Hall–Kier alpha value is -5.14. The predicted molar refractivity (Wildman–Crippen MR) is 163 cm³/mol.